The Bertz CT molecular complexity index is 587. The van der Waals surface area contributed by atoms with Gasteiger partial charge in [0.1, 0.15) is 0 Å². The average Bonchev–Trinajstić information content (AvgIpc) is 2.32. The summed E-state index contributed by atoms with van der Waals surface area (Å²) in [5.74, 6) is 0.127. The molecule has 1 aromatic heterocycles. The number of benzene rings is 1. The Morgan fingerprint density at radius 2 is 2.00 bits per heavy atom. The van der Waals surface area contributed by atoms with Crippen LogP contribution in [0.1, 0.15) is 5.56 Å². The van der Waals surface area contributed by atoms with Crippen molar-refractivity contribution in [1.29, 1.82) is 0 Å². The molecule has 0 saturated heterocycles. The first-order valence-electron chi connectivity index (χ1n) is 4.97. The van der Waals surface area contributed by atoms with E-state index in [2.05, 4.69) is 25.9 Å². The second-order valence-corrected chi connectivity index (χ2v) is 4.38. The molecule has 6 nitrogen and oxygen atoms in total. The van der Waals surface area contributed by atoms with Crippen LogP contribution in [-0.4, -0.2) is 14.9 Å². The number of aromatic nitrogens is 2. The zero-order valence-electron chi connectivity index (χ0n) is 9.33. The van der Waals surface area contributed by atoms with Gasteiger partial charge in [0.2, 0.25) is 5.75 Å². The minimum Gasteiger partial charge on any atom is -0.417 e. The lowest BCUT2D eigenvalue weighted by Gasteiger charge is -2.05. The first-order chi connectivity index (χ1) is 8.58. The van der Waals surface area contributed by atoms with E-state index in [9.17, 15) is 10.1 Å². The van der Waals surface area contributed by atoms with E-state index in [1.165, 1.54) is 18.5 Å². The molecule has 0 unspecified atom stereocenters. The third-order valence-corrected chi connectivity index (χ3v) is 2.59. The highest BCUT2D eigenvalue weighted by atomic mass is 79.9. The summed E-state index contributed by atoms with van der Waals surface area (Å²) in [5, 5.41) is 11.0. The van der Waals surface area contributed by atoms with Crippen molar-refractivity contribution in [3.8, 4) is 11.8 Å². The van der Waals surface area contributed by atoms with Crippen LogP contribution in [0.2, 0.25) is 0 Å². The maximum atomic E-state index is 11.0. The molecule has 0 aliphatic heterocycles. The molecule has 0 aliphatic rings. The van der Waals surface area contributed by atoms with Gasteiger partial charge < -0.3 is 4.74 Å². The van der Waals surface area contributed by atoms with Gasteiger partial charge in [-0.25, -0.2) is 9.97 Å². The highest BCUT2D eigenvalue weighted by Gasteiger charge is 2.19. The summed E-state index contributed by atoms with van der Waals surface area (Å²) in [6.45, 7) is 1.65. The fourth-order valence-corrected chi connectivity index (χ4v) is 1.60. The standard InChI is InChI=1S/C11H8BrN3O3/c1-7-3-2-4-9(10(7)15(16)17)18-11-13-5-8(12)6-14-11/h2-6H,1H3. The van der Waals surface area contributed by atoms with Crippen molar-refractivity contribution in [1.82, 2.24) is 9.97 Å². The van der Waals surface area contributed by atoms with Crippen LogP contribution in [0.15, 0.2) is 35.1 Å². The second kappa shape index (κ2) is 5.09. The molecule has 2 rings (SSSR count). The number of nitrogens with zero attached hydrogens (tertiary/aromatic N) is 3. The molecule has 0 N–H and O–H groups in total. The second-order valence-electron chi connectivity index (χ2n) is 3.46. The zero-order chi connectivity index (χ0) is 13.1. The van der Waals surface area contributed by atoms with Crippen LogP contribution in [0, 0.1) is 17.0 Å². The number of nitro benzene ring substituents is 1. The SMILES string of the molecule is Cc1cccc(Oc2ncc(Br)cn2)c1[N+](=O)[O-]. The summed E-state index contributed by atoms with van der Waals surface area (Å²) in [7, 11) is 0. The van der Waals surface area contributed by atoms with Gasteiger partial charge in [-0.3, -0.25) is 10.1 Å². The Hall–Kier alpha value is -2.02. The molecule has 0 saturated carbocycles. The Balaban J connectivity index is 2.37. The largest absolute Gasteiger partial charge is 0.417 e. The molecule has 0 fully saturated rings. The first-order valence-corrected chi connectivity index (χ1v) is 5.76. The van der Waals surface area contributed by atoms with Gasteiger partial charge in [-0.05, 0) is 28.9 Å². The van der Waals surface area contributed by atoms with Crippen molar-refractivity contribution in [2.75, 3.05) is 0 Å². The van der Waals surface area contributed by atoms with Gasteiger partial charge in [-0.15, -0.1) is 0 Å². The lowest BCUT2D eigenvalue weighted by atomic mass is 10.2. The third kappa shape index (κ3) is 2.62. The molecule has 0 spiro atoms. The van der Waals surface area contributed by atoms with E-state index in [0.717, 1.165) is 0 Å². The van der Waals surface area contributed by atoms with E-state index in [0.29, 0.717) is 10.0 Å². The van der Waals surface area contributed by atoms with Gasteiger partial charge in [-0.2, -0.15) is 0 Å². The van der Waals surface area contributed by atoms with E-state index in [1.807, 2.05) is 0 Å². The van der Waals surface area contributed by atoms with E-state index in [-0.39, 0.29) is 17.4 Å². The minimum absolute atomic E-state index is 0.0619. The third-order valence-electron chi connectivity index (χ3n) is 2.18. The maximum absolute atomic E-state index is 11.0. The lowest BCUT2D eigenvalue weighted by molar-refractivity contribution is -0.386. The molecule has 18 heavy (non-hydrogen) atoms. The normalized spacial score (nSPS) is 10.1. The number of aryl methyl sites for hydroxylation is 1. The van der Waals surface area contributed by atoms with Gasteiger partial charge in [-0.1, -0.05) is 12.1 Å². The van der Waals surface area contributed by atoms with E-state index >= 15 is 0 Å². The van der Waals surface area contributed by atoms with Crippen LogP contribution in [0.25, 0.3) is 0 Å². The van der Waals surface area contributed by atoms with Gasteiger partial charge in [0.05, 0.1) is 9.40 Å². The number of nitro groups is 1. The van der Waals surface area contributed by atoms with Crippen molar-refractivity contribution < 1.29 is 9.66 Å². The summed E-state index contributed by atoms with van der Waals surface area (Å²) in [6.07, 6.45) is 3.01. The summed E-state index contributed by atoms with van der Waals surface area (Å²) in [6, 6.07) is 4.90. The van der Waals surface area contributed by atoms with Crippen LogP contribution >= 0.6 is 15.9 Å². The van der Waals surface area contributed by atoms with Gasteiger partial charge >= 0.3 is 11.7 Å². The molecule has 0 aliphatic carbocycles. The van der Waals surface area contributed by atoms with Crippen molar-refractivity contribution in [3.63, 3.8) is 0 Å². The number of ether oxygens (including phenoxy) is 1. The molecular weight excluding hydrogens is 302 g/mol. The molecule has 0 atom stereocenters. The quantitative estimate of drug-likeness (QED) is 0.642. The van der Waals surface area contributed by atoms with Gasteiger partial charge in [0, 0.05) is 18.0 Å². The van der Waals surface area contributed by atoms with Crippen molar-refractivity contribution >= 4 is 21.6 Å². The summed E-state index contributed by atoms with van der Waals surface area (Å²) in [5.41, 5.74) is 0.443. The smallest absolute Gasteiger partial charge is 0.322 e. The van der Waals surface area contributed by atoms with E-state index in [4.69, 9.17) is 4.74 Å². The van der Waals surface area contributed by atoms with Gasteiger partial charge in [0.25, 0.3) is 0 Å². The van der Waals surface area contributed by atoms with Gasteiger partial charge in [0.15, 0.2) is 0 Å². The van der Waals surface area contributed by atoms with Crippen LogP contribution in [0.3, 0.4) is 0 Å². The molecule has 7 heteroatoms. The molecule has 0 amide bonds. The molecule has 0 bridgehead atoms. The molecule has 1 aromatic carbocycles. The predicted molar refractivity (Wildman–Crippen MR) is 67.6 cm³/mol. The van der Waals surface area contributed by atoms with Crippen LogP contribution in [0.4, 0.5) is 5.69 Å². The number of hydrogen-bond donors (Lipinski definition) is 0. The highest BCUT2D eigenvalue weighted by molar-refractivity contribution is 9.10. The minimum atomic E-state index is -0.483. The van der Waals surface area contributed by atoms with Crippen LogP contribution in [-0.2, 0) is 0 Å². The predicted octanol–water partition coefficient (Wildman–Crippen LogP) is 3.25. The Morgan fingerprint density at radius 3 is 2.61 bits per heavy atom. The lowest BCUT2D eigenvalue weighted by Crippen LogP contribution is -1.97. The molecule has 0 radical (unpaired) electrons. The first kappa shape index (κ1) is 12.4. The van der Waals surface area contributed by atoms with E-state index in [1.54, 1.807) is 19.1 Å². The molecule has 1 heterocycles. The fourth-order valence-electron chi connectivity index (χ4n) is 1.40. The van der Waals surface area contributed by atoms with Crippen molar-refractivity contribution in [2.45, 2.75) is 6.92 Å². The Morgan fingerprint density at radius 1 is 1.33 bits per heavy atom. The molecule has 92 valence electrons. The molecule has 2 aromatic rings. The Kier molecular flexibility index (Phi) is 3.52. The Labute approximate surface area is 111 Å². The topological polar surface area (TPSA) is 78.2 Å². The summed E-state index contributed by atoms with van der Waals surface area (Å²) in [4.78, 5) is 18.3. The average molecular weight is 310 g/mol. The monoisotopic (exact) mass is 309 g/mol. The number of para-hydroxylation sites is 1. The van der Waals surface area contributed by atoms with Crippen molar-refractivity contribution in [3.05, 3.63) is 50.7 Å². The van der Waals surface area contributed by atoms with E-state index < -0.39 is 4.92 Å². The number of hydrogen-bond acceptors (Lipinski definition) is 5. The van der Waals surface area contributed by atoms with Crippen LogP contribution in [0.5, 0.6) is 11.8 Å². The number of rotatable bonds is 3. The highest BCUT2D eigenvalue weighted by Crippen LogP contribution is 2.32. The maximum Gasteiger partial charge on any atom is 0.322 e. The zero-order valence-corrected chi connectivity index (χ0v) is 10.9. The summed E-state index contributed by atoms with van der Waals surface area (Å²) >= 11 is 3.19. The fraction of sp³-hybridized carbons (Fsp3) is 0.0909. The number of halogens is 1. The summed E-state index contributed by atoms with van der Waals surface area (Å²) < 4.78 is 6.02. The van der Waals surface area contributed by atoms with Crippen LogP contribution < -0.4 is 4.74 Å². The van der Waals surface area contributed by atoms with Crippen molar-refractivity contribution in [2.24, 2.45) is 0 Å². The molecular formula is C11H8BrN3O3.